The van der Waals surface area contributed by atoms with Crippen LogP contribution in [0.1, 0.15) is 5.69 Å². The zero-order valence-corrected chi connectivity index (χ0v) is 10.4. The summed E-state index contributed by atoms with van der Waals surface area (Å²) < 4.78 is 1.79. The highest BCUT2D eigenvalue weighted by atomic mass is 35.5. The Bertz CT molecular complexity index is 653. The van der Waals surface area contributed by atoms with Crippen LogP contribution in [0.4, 0.5) is 0 Å². The summed E-state index contributed by atoms with van der Waals surface area (Å²) in [6.07, 6.45) is 2.66. The van der Waals surface area contributed by atoms with Crippen LogP contribution in [0.5, 0.6) is 0 Å². The first kappa shape index (κ1) is 11.3. The zero-order chi connectivity index (χ0) is 12.5. The van der Waals surface area contributed by atoms with Gasteiger partial charge in [0.15, 0.2) is 5.82 Å². The van der Waals surface area contributed by atoms with Gasteiger partial charge < -0.3 is 5.73 Å². The van der Waals surface area contributed by atoms with E-state index in [1.807, 2.05) is 30.5 Å². The quantitative estimate of drug-likeness (QED) is 0.756. The van der Waals surface area contributed by atoms with E-state index in [4.69, 9.17) is 17.3 Å². The predicted molar refractivity (Wildman–Crippen MR) is 70.5 cm³/mol. The van der Waals surface area contributed by atoms with Crippen molar-refractivity contribution in [2.24, 2.45) is 5.73 Å². The third kappa shape index (κ3) is 1.98. The molecule has 92 valence electrons. The van der Waals surface area contributed by atoms with Crippen molar-refractivity contribution in [3.05, 3.63) is 41.2 Å². The Morgan fingerprint density at radius 2 is 2.22 bits per heavy atom. The Labute approximate surface area is 109 Å². The molecule has 6 heteroatoms. The van der Waals surface area contributed by atoms with Gasteiger partial charge in [-0.2, -0.15) is 4.98 Å². The third-order valence-corrected chi connectivity index (χ3v) is 2.91. The first-order chi connectivity index (χ1) is 8.76. The number of aromatic amines is 1. The van der Waals surface area contributed by atoms with E-state index < -0.39 is 0 Å². The number of H-pyrrole nitrogens is 1. The van der Waals surface area contributed by atoms with Gasteiger partial charge in [-0.1, -0.05) is 23.7 Å². The van der Waals surface area contributed by atoms with Gasteiger partial charge in [-0.3, -0.25) is 5.10 Å². The lowest BCUT2D eigenvalue weighted by Gasteiger charge is -1.96. The molecule has 3 aromatic rings. The fourth-order valence-corrected chi connectivity index (χ4v) is 2.04. The molecule has 0 aliphatic rings. The Hall–Kier alpha value is -1.85. The third-order valence-electron chi connectivity index (χ3n) is 2.67. The van der Waals surface area contributed by atoms with E-state index in [0.29, 0.717) is 17.3 Å². The van der Waals surface area contributed by atoms with Crippen molar-refractivity contribution in [2.45, 2.75) is 6.42 Å². The largest absolute Gasteiger partial charge is 0.330 e. The topological polar surface area (TPSA) is 72.0 Å². The monoisotopic (exact) mass is 261 g/mol. The maximum absolute atomic E-state index is 5.96. The first-order valence-corrected chi connectivity index (χ1v) is 6.04. The normalized spacial score (nSPS) is 11.2. The summed E-state index contributed by atoms with van der Waals surface area (Å²) in [7, 11) is 0. The van der Waals surface area contributed by atoms with Gasteiger partial charge in [-0.15, -0.1) is 0 Å². The molecule has 2 heterocycles. The average molecular weight is 262 g/mol. The number of hydrogen-bond acceptors (Lipinski definition) is 3. The minimum Gasteiger partial charge on any atom is -0.330 e. The molecule has 0 spiro atoms. The predicted octanol–water partition coefficient (Wildman–Crippen LogP) is 1.88. The van der Waals surface area contributed by atoms with Gasteiger partial charge in [0.1, 0.15) is 0 Å². The number of aromatic nitrogens is 4. The van der Waals surface area contributed by atoms with Gasteiger partial charge >= 0.3 is 0 Å². The fourth-order valence-electron chi connectivity index (χ4n) is 1.85. The number of nitrogens with one attached hydrogen (secondary N) is 1. The van der Waals surface area contributed by atoms with Crippen molar-refractivity contribution < 1.29 is 0 Å². The van der Waals surface area contributed by atoms with Gasteiger partial charge in [0.2, 0.25) is 0 Å². The van der Waals surface area contributed by atoms with Crippen LogP contribution >= 0.6 is 11.6 Å². The molecule has 0 bridgehead atoms. The smallest absolute Gasteiger partial charge is 0.251 e. The van der Waals surface area contributed by atoms with E-state index >= 15 is 0 Å². The van der Waals surface area contributed by atoms with Gasteiger partial charge in [-0.05, 0) is 18.7 Å². The molecular weight excluding hydrogens is 250 g/mol. The number of benzene rings is 1. The molecule has 0 saturated heterocycles. The van der Waals surface area contributed by atoms with E-state index in [2.05, 4.69) is 15.1 Å². The highest BCUT2D eigenvalue weighted by Gasteiger charge is 2.08. The number of nitrogens with two attached hydrogens (primary N) is 1. The van der Waals surface area contributed by atoms with Crippen LogP contribution in [-0.2, 0) is 6.42 Å². The van der Waals surface area contributed by atoms with Crippen LogP contribution in [0.25, 0.3) is 17.2 Å². The van der Waals surface area contributed by atoms with Crippen molar-refractivity contribution >= 4 is 17.4 Å². The van der Waals surface area contributed by atoms with Crippen LogP contribution in [0.3, 0.4) is 0 Å². The number of halogens is 1. The van der Waals surface area contributed by atoms with E-state index in [0.717, 1.165) is 23.5 Å². The number of imidazole rings is 1. The average Bonchev–Trinajstić information content (AvgIpc) is 2.87. The Morgan fingerprint density at radius 3 is 2.94 bits per heavy atom. The summed E-state index contributed by atoms with van der Waals surface area (Å²) in [5.41, 5.74) is 7.37. The van der Waals surface area contributed by atoms with Crippen LogP contribution in [0, 0.1) is 0 Å². The lowest BCUT2D eigenvalue weighted by atomic mass is 10.2. The second-order valence-electron chi connectivity index (χ2n) is 4.02. The van der Waals surface area contributed by atoms with Crippen molar-refractivity contribution in [1.82, 2.24) is 19.6 Å². The number of nitrogens with zero attached hydrogens (tertiary/aromatic N) is 3. The maximum atomic E-state index is 5.96. The molecular formula is C12H12ClN5. The second-order valence-corrected chi connectivity index (χ2v) is 4.46. The minimum atomic E-state index is 0.585. The highest BCUT2D eigenvalue weighted by Crippen LogP contribution is 2.20. The van der Waals surface area contributed by atoms with Crippen LogP contribution in [-0.4, -0.2) is 26.1 Å². The van der Waals surface area contributed by atoms with E-state index in [1.54, 1.807) is 4.52 Å². The molecule has 0 amide bonds. The van der Waals surface area contributed by atoms with Crippen molar-refractivity contribution in [1.29, 1.82) is 0 Å². The molecule has 1 aromatic carbocycles. The maximum Gasteiger partial charge on any atom is 0.251 e. The lowest BCUT2D eigenvalue weighted by Crippen LogP contribution is -2.02. The molecule has 0 atom stereocenters. The molecule has 0 radical (unpaired) electrons. The van der Waals surface area contributed by atoms with E-state index in [9.17, 15) is 0 Å². The second kappa shape index (κ2) is 4.44. The zero-order valence-electron chi connectivity index (χ0n) is 9.60. The highest BCUT2D eigenvalue weighted by molar-refractivity contribution is 6.30. The van der Waals surface area contributed by atoms with Crippen LogP contribution < -0.4 is 5.73 Å². The van der Waals surface area contributed by atoms with E-state index in [-0.39, 0.29) is 0 Å². The first-order valence-electron chi connectivity index (χ1n) is 5.66. The van der Waals surface area contributed by atoms with Gasteiger partial charge in [0, 0.05) is 17.0 Å². The molecule has 0 saturated carbocycles. The Balaban J connectivity index is 2.01. The van der Waals surface area contributed by atoms with Gasteiger partial charge in [0.25, 0.3) is 5.78 Å². The van der Waals surface area contributed by atoms with Crippen LogP contribution in [0.2, 0.25) is 5.02 Å². The number of rotatable bonds is 3. The summed E-state index contributed by atoms with van der Waals surface area (Å²) in [6, 6.07) is 7.53. The molecule has 0 aliphatic heterocycles. The molecule has 2 aromatic heterocycles. The van der Waals surface area contributed by atoms with Crippen molar-refractivity contribution in [3.8, 4) is 11.4 Å². The summed E-state index contributed by atoms with van der Waals surface area (Å²) in [5, 5.41) is 3.85. The molecule has 3 N–H and O–H groups in total. The summed E-state index contributed by atoms with van der Waals surface area (Å²) >= 11 is 5.96. The summed E-state index contributed by atoms with van der Waals surface area (Å²) in [4.78, 5) is 8.80. The molecule has 18 heavy (non-hydrogen) atoms. The minimum absolute atomic E-state index is 0.585. The SMILES string of the molecule is NCCc1cn2[nH]c(-c3cccc(Cl)c3)nc2n1. The summed E-state index contributed by atoms with van der Waals surface area (Å²) in [5.74, 6) is 1.40. The van der Waals surface area contributed by atoms with Gasteiger partial charge in [-0.25, -0.2) is 9.50 Å². The molecule has 5 nitrogen and oxygen atoms in total. The Kier molecular flexibility index (Phi) is 2.77. The number of fused-ring (bicyclic) bond motifs is 1. The lowest BCUT2D eigenvalue weighted by molar-refractivity contribution is 0.922. The number of hydrogen-bond donors (Lipinski definition) is 2. The van der Waals surface area contributed by atoms with Crippen molar-refractivity contribution in [3.63, 3.8) is 0 Å². The molecule has 0 fully saturated rings. The fraction of sp³-hybridized carbons (Fsp3) is 0.167. The summed E-state index contributed by atoms with van der Waals surface area (Å²) in [6.45, 7) is 0.585. The molecule has 0 unspecified atom stereocenters. The van der Waals surface area contributed by atoms with Gasteiger partial charge in [0.05, 0.1) is 11.9 Å². The van der Waals surface area contributed by atoms with E-state index in [1.165, 1.54) is 0 Å². The standard InChI is InChI=1S/C12H12ClN5/c13-9-3-1-2-8(6-9)11-16-12-15-10(4-5-14)7-18(12)17-11/h1-3,6-7H,4-5,14H2,(H,15,16,17). The van der Waals surface area contributed by atoms with Crippen LogP contribution in [0.15, 0.2) is 30.5 Å². The Morgan fingerprint density at radius 1 is 1.33 bits per heavy atom. The van der Waals surface area contributed by atoms with Crippen molar-refractivity contribution in [2.75, 3.05) is 6.54 Å². The molecule has 3 rings (SSSR count). The molecule has 0 aliphatic carbocycles.